The number of carbonyl (C=O) groups excluding carboxylic acids is 1. The van der Waals surface area contributed by atoms with Gasteiger partial charge in [0.05, 0.1) is 18.3 Å². The molecule has 0 aliphatic carbocycles. The van der Waals surface area contributed by atoms with Crippen LogP contribution in [0.3, 0.4) is 0 Å². The molecule has 0 aromatic carbocycles. The number of halogens is 1. The number of amides is 1. The van der Waals surface area contributed by atoms with Crippen LogP contribution < -0.4 is 10.6 Å². The molecule has 1 fully saturated rings. The summed E-state index contributed by atoms with van der Waals surface area (Å²) in [7, 11) is -3.02. The van der Waals surface area contributed by atoms with E-state index >= 15 is 0 Å². The smallest absolute Gasteiger partial charge is 0.410 e. The lowest BCUT2D eigenvalue weighted by Gasteiger charge is -2.40. The minimum absolute atomic E-state index is 0. The van der Waals surface area contributed by atoms with Crippen LogP contribution in [-0.2, 0) is 14.6 Å². The Hall–Kier alpha value is -0.780. The Morgan fingerprint density at radius 1 is 1.28 bits per heavy atom. The Kier molecular flexibility index (Phi) is 10.1. The van der Waals surface area contributed by atoms with Crippen LogP contribution >= 0.6 is 24.0 Å². The number of carbonyl (C=O) groups is 1. The van der Waals surface area contributed by atoms with E-state index in [0.717, 1.165) is 0 Å². The first-order valence-electron chi connectivity index (χ1n) is 8.29. The van der Waals surface area contributed by atoms with Gasteiger partial charge in [0.1, 0.15) is 5.60 Å². The third-order valence-corrected chi connectivity index (χ3v) is 5.01. The first-order chi connectivity index (χ1) is 11.1. The van der Waals surface area contributed by atoms with Gasteiger partial charge in [0, 0.05) is 25.4 Å². The van der Waals surface area contributed by atoms with Crippen LogP contribution in [0.2, 0.25) is 0 Å². The largest absolute Gasteiger partial charge is 0.444 e. The predicted octanol–water partition coefficient (Wildman–Crippen LogP) is 1.21. The van der Waals surface area contributed by atoms with Crippen molar-refractivity contribution >= 4 is 45.9 Å². The summed E-state index contributed by atoms with van der Waals surface area (Å²) in [6.45, 7) is 11.0. The lowest BCUT2D eigenvalue weighted by Crippen LogP contribution is -2.63. The van der Waals surface area contributed by atoms with E-state index in [1.165, 1.54) is 0 Å². The zero-order valence-electron chi connectivity index (χ0n) is 15.7. The maximum atomic E-state index is 11.9. The van der Waals surface area contributed by atoms with Crippen LogP contribution in [-0.4, -0.2) is 74.7 Å². The number of ether oxygens (including phenoxy) is 1. The standard InChI is InChI=1S/C15H30N4O4S.HI/c1-6-16-13(17-8-9-24(21,22)7-2)18-12-10-19(11-12)14(20)23-15(3,4)5;/h12H,6-11H2,1-5H3,(H2,16,17,18);1H. The van der Waals surface area contributed by atoms with Crippen molar-refractivity contribution in [3.8, 4) is 0 Å². The molecule has 1 aliphatic rings. The van der Waals surface area contributed by atoms with Crippen molar-refractivity contribution in [2.24, 2.45) is 4.99 Å². The number of aliphatic imine (C=N–C) groups is 1. The predicted molar refractivity (Wildman–Crippen MR) is 110 cm³/mol. The minimum atomic E-state index is -3.02. The molecular formula is C15H31IN4O4S. The Morgan fingerprint density at radius 2 is 1.88 bits per heavy atom. The SMILES string of the molecule is CCNC(=NCCS(=O)(=O)CC)NC1CN(C(=O)OC(C)(C)C)C1.I. The fourth-order valence-electron chi connectivity index (χ4n) is 2.00. The molecular weight excluding hydrogens is 459 g/mol. The molecule has 25 heavy (non-hydrogen) atoms. The summed E-state index contributed by atoms with van der Waals surface area (Å²) >= 11 is 0. The topological polar surface area (TPSA) is 100 Å². The molecule has 0 aromatic rings. The van der Waals surface area contributed by atoms with Crippen molar-refractivity contribution in [3.05, 3.63) is 0 Å². The lowest BCUT2D eigenvalue weighted by molar-refractivity contribution is 0.00700. The number of hydrogen-bond donors (Lipinski definition) is 2. The van der Waals surface area contributed by atoms with E-state index in [1.54, 1.807) is 11.8 Å². The number of rotatable bonds is 6. The van der Waals surface area contributed by atoms with Gasteiger partial charge in [-0.15, -0.1) is 24.0 Å². The fourth-order valence-corrected chi connectivity index (χ4v) is 2.66. The highest BCUT2D eigenvalue weighted by Gasteiger charge is 2.34. The summed E-state index contributed by atoms with van der Waals surface area (Å²) in [6, 6.07) is 0.0816. The Morgan fingerprint density at radius 3 is 2.36 bits per heavy atom. The van der Waals surface area contributed by atoms with E-state index < -0.39 is 15.4 Å². The highest BCUT2D eigenvalue weighted by Crippen LogP contribution is 2.15. The van der Waals surface area contributed by atoms with Crippen LogP contribution in [0, 0.1) is 0 Å². The number of nitrogens with one attached hydrogen (secondary N) is 2. The average Bonchev–Trinajstić information content (AvgIpc) is 2.39. The van der Waals surface area contributed by atoms with Gasteiger partial charge in [-0.05, 0) is 27.7 Å². The summed E-state index contributed by atoms with van der Waals surface area (Å²) in [4.78, 5) is 17.8. The number of nitrogens with zero attached hydrogens (tertiary/aromatic N) is 2. The van der Waals surface area contributed by atoms with Gasteiger partial charge in [0.2, 0.25) is 0 Å². The van der Waals surface area contributed by atoms with E-state index in [4.69, 9.17) is 4.74 Å². The average molecular weight is 490 g/mol. The zero-order valence-corrected chi connectivity index (χ0v) is 18.8. The van der Waals surface area contributed by atoms with Crippen LogP contribution in [0.25, 0.3) is 0 Å². The minimum Gasteiger partial charge on any atom is -0.444 e. The van der Waals surface area contributed by atoms with Gasteiger partial charge in [0.25, 0.3) is 0 Å². The number of sulfone groups is 1. The van der Waals surface area contributed by atoms with E-state index in [9.17, 15) is 13.2 Å². The molecule has 1 heterocycles. The van der Waals surface area contributed by atoms with Gasteiger partial charge in [-0.3, -0.25) is 4.99 Å². The second kappa shape index (κ2) is 10.4. The van der Waals surface area contributed by atoms with Crippen molar-refractivity contribution in [1.82, 2.24) is 15.5 Å². The molecule has 0 unspecified atom stereocenters. The second-order valence-corrected chi connectivity index (χ2v) is 9.20. The number of hydrogen-bond acceptors (Lipinski definition) is 5. The third kappa shape index (κ3) is 9.47. The van der Waals surface area contributed by atoms with Gasteiger partial charge < -0.3 is 20.3 Å². The molecule has 0 spiro atoms. The fraction of sp³-hybridized carbons (Fsp3) is 0.867. The van der Waals surface area contributed by atoms with Gasteiger partial charge in [0.15, 0.2) is 15.8 Å². The first-order valence-corrected chi connectivity index (χ1v) is 10.1. The van der Waals surface area contributed by atoms with Gasteiger partial charge in [-0.2, -0.15) is 0 Å². The maximum Gasteiger partial charge on any atom is 0.410 e. The lowest BCUT2D eigenvalue weighted by atomic mass is 10.1. The van der Waals surface area contributed by atoms with Crippen molar-refractivity contribution < 1.29 is 17.9 Å². The molecule has 0 atom stereocenters. The third-order valence-electron chi connectivity index (χ3n) is 3.33. The van der Waals surface area contributed by atoms with Crippen LogP contribution in [0.1, 0.15) is 34.6 Å². The Balaban J connectivity index is 0.00000576. The number of guanidine groups is 1. The normalized spacial score (nSPS) is 15.9. The first kappa shape index (κ1) is 24.2. The molecule has 0 radical (unpaired) electrons. The molecule has 0 bridgehead atoms. The molecule has 10 heteroatoms. The highest BCUT2D eigenvalue weighted by atomic mass is 127. The Labute approximate surface area is 168 Å². The molecule has 1 rings (SSSR count). The molecule has 1 amide bonds. The summed E-state index contributed by atoms with van der Waals surface area (Å²) in [5, 5.41) is 6.28. The molecule has 2 N–H and O–H groups in total. The summed E-state index contributed by atoms with van der Waals surface area (Å²) < 4.78 is 28.3. The van der Waals surface area contributed by atoms with Gasteiger partial charge in [-0.1, -0.05) is 6.92 Å². The van der Waals surface area contributed by atoms with Crippen molar-refractivity contribution in [3.63, 3.8) is 0 Å². The van der Waals surface area contributed by atoms with Crippen molar-refractivity contribution in [1.29, 1.82) is 0 Å². The second-order valence-electron chi connectivity index (χ2n) is 6.72. The molecule has 1 aliphatic heterocycles. The molecule has 0 saturated carbocycles. The van der Waals surface area contributed by atoms with Gasteiger partial charge in [-0.25, -0.2) is 13.2 Å². The highest BCUT2D eigenvalue weighted by molar-refractivity contribution is 14.0. The molecule has 1 saturated heterocycles. The number of likely N-dealkylation sites (tertiary alicyclic amines) is 1. The van der Waals surface area contributed by atoms with Crippen LogP contribution in [0.5, 0.6) is 0 Å². The molecule has 0 aromatic heterocycles. The van der Waals surface area contributed by atoms with Crippen molar-refractivity contribution in [2.45, 2.75) is 46.3 Å². The van der Waals surface area contributed by atoms with Crippen LogP contribution in [0.15, 0.2) is 4.99 Å². The summed E-state index contributed by atoms with van der Waals surface area (Å²) in [5.74, 6) is 0.729. The quantitative estimate of drug-likeness (QED) is 0.330. The summed E-state index contributed by atoms with van der Waals surface area (Å²) in [6.07, 6.45) is -0.323. The van der Waals surface area contributed by atoms with E-state index in [0.29, 0.717) is 25.6 Å². The Bertz CT molecular complexity index is 554. The maximum absolute atomic E-state index is 11.9. The van der Waals surface area contributed by atoms with E-state index in [2.05, 4.69) is 15.6 Å². The zero-order chi connectivity index (χ0) is 18.4. The molecule has 8 nitrogen and oxygen atoms in total. The summed E-state index contributed by atoms with van der Waals surface area (Å²) in [5.41, 5.74) is -0.503. The van der Waals surface area contributed by atoms with Crippen LogP contribution in [0.4, 0.5) is 4.79 Å². The van der Waals surface area contributed by atoms with Gasteiger partial charge >= 0.3 is 6.09 Å². The molecule has 148 valence electrons. The van der Waals surface area contributed by atoms with E-state index in [-0.39, 0.29) is 54.2 Å². The van der Waals surface area contributed by atoms with Crippen molar-refractivity contribution in [2.75, 3.05) is 37.7 Å². The monoisotopic (exact) mass is 490 g/mol. The van der Waals surface area contributed by atoms with E-state index in [1.807, 2.05) is 27.7 Å².